The minimum atomic E-state index is -1.85. The first-order valence-electron chi connectivity index (χ1n) is 11.2. The van der Waals surface area contributed by atoms with E-state index in [-0.39, 0.29) is 12.1 Å². The lowest BCUT2D eigenvalue weighted by Crippen LogP contribution is -2.52. The molecule has 1 aromatic heterocycles. The molecule has 0 spiro atoms. The molecule has 2 aromatic rings. The highest BCUT2D eigenvalue weighted by atomic mass is 16.3. The number of benzene rings is 1. The average Bonchev–Trinajstić information content (AvgIpc) is 3.33. The van der Waals surface area contributed by atoms with Gasteiger partial charge in [-0.1, -0.05) is 54.1 Å². The van der Waals surface area contributed by atoms with Crippen LogP contribution in [0.15, 0.2) is 72.6 Å². The number of aliphatic hydroxyl groups is 2. The minimum absolute atomic E-state index is 0.167. The topological polar surface area (TPSA) is 103 Å². The number of likely N-dealkylation sites (tertiary alicyclic amines) is 1. The molecule has 1 aliphatic rings. The third kappa shape index (κ3) is 6.37. The molecule has 1 saturated heterocycles. The maximum absolute atomic E-state index is 12.9. The Bertz CT molecular complexity index is 991. The summed E-state index contributed by atoms with van der Waals surface area (Å²) >= 11 is 0. The van der Waals surface area contributed by atoms with Crippen LogP contribution >= 0.6 is 0 Å². The van der Waals surface area contributed by atoms with E-state index in [1.54, 1.807) is 24.2 Å². The molecule has 1 aliphatic heterocycles. The summed E-state index contributed by atoms with van der Waals surface area (Å²) in [5.41, 5.74) is 2.83. The van der Waals surface area contributed by atoms with E-state index in [0.717, 1.165) is 29.5 Å². The van der Waals surface area contributed by atoms with Crippen LogP contribution in [0.1, 0.15) is 43.9 Å². The number of hydrogen-bond donors (Lipinski definition) is 3. The van der Waals surface area contributed by atoms with Crippen molar-refractivity contribution < 1.29 is 19.8 Å². The van der Waals surface area contributed by atoms with Crippen LogP contribution in [0.2, 0.25) is 0 Å². The van der Waals surface area contributed by atoms with Gasteiger partial charge in [0, 0.05) is 25.0 Å². The molecule has 1 unspecified atom stereocenters. The SMILES string of the molecule is CC(=CC=Cc1ccncc1)[C@@H](C)NC(=O)[C@H](O)[C@@H](O)C(=O)N1CCCC1c1ccccc1. The molecular formula is C26H31N3O4. The molecule has 0 radical (unpaired) electrons. The Balaban J connectivity index is 1.57. The van der Waals surface area contributed by atoms with Crippen LogP contribution < -0.4 is 5.32 Å². The van der Waals surface area contributed by atoms with Gasteiger partial charge in [0.1, 0.15) is 0 Å². The van der Waals surface area contributed by atoms with Crippen molar-refractivity contribution in [1.82, 2.24) is 15.2 Å². The molecule has 0 aliphatic carbocycles. The van der Waals surface area contributed by atoms with Gasteiger partial charge >= 0.3 is 0 Å². The number of aromatic nitrogens is 1. The van der Waals surface area contributed by atoms with Crippen molar-refractivity contribution in [3.05, 3.63) is 83.7 Å². The van der Waals surface area contributed by atoms with Gasteiger partial charge in [-0.3, -0.25) is 14.6 Å². The second-order valence-corrected chi connectivity index (χ2v) is 8.27. The van der Waals surface area contributed by atoms with E-state index in [1.807, 2.05) is 67.6 Å². The van der Waals surface area contributed by atoms with Gasteiger partial charge in [0.25, 0.3) is 11.8 Å². The third-order valence-corrected chi connectivity index (χ3v) is 5.94. The number of carbonyl (C=O) groups is 2. The smallest absolute Gasteiger partial charge is 0.255 e. The summed E-state index contributed by atoms with van der Waals surface area (Å²) in [4.78, 5) is 30.9. The minimum Gasteiger partial charge on any atom is -0.380 e. The summed E-state index contributed by atoms with van der Waals surface area (Å²) in [6, 6.07) is 12.8. The zero-order valence-electron chi connectivity index (χ0n) is 19.0. The predicted octanol–water partition coefficient (Wildman–Crippen LogP) is 2.63. The summed E-state index contributed by atoms with van der Waals surface area (Å²) in [6.45, 7) is 4.10. The van der Waals surface area contributed by atoms with E-state index in [2.05, 4.69) is 10.3 Å². The fourth-order valence-corrected chi connectivity index (χ4v) is 3.84. The maximum atomic E-state index is 12.9. The Hall–Kier alpha value is -3.29. The van der Waals surface area contributed by atoms with Gasteiger partial charge in [0.15, 0.2) is 12.2 Å². The molecular weight excluding hydrogens is 418 g/mol. The van der Waals surface area contributed by atoms with Crippen LogP contribution in [0, 0.1) is 0 Å². The summed E-state index contributed by atoms with van der Waals surface area (Å²) in [5, 5.41) is 23.5. The molecule has 4 atom stereocenters. The highest BCUT2D eigenvalue weighted by Gasteiger charge is 2.38. The van der Waals surface area contributed by atoms with Crippen LogP contribution in [0.25, 0.3) is 6.08 Å². The maximum Gasteiger partial charge on any atom is 0.255 e. The van der Waals surface area contributed by atoms with Gasteiger partial charge in [-0.15, -0.1) is 0 Å². The second-order valence-electron chi connectivity index (χ2n) is 8.27. The van der Waals surface area contributed by atoms with E-state index in [1.165, 1.54) is 0 Å². The number of nitrogens with one attached hydrogen (secondary N) is 1. The van der Waals surface area contributed by atoms with Crippen LogP contribution in [0.4, 0.5) is 0 Å². The Labute approximate surface area is 194 Å². The lowest BCUT2D eigenvalue weighted by Gasteiger charge is -2.29. The van der Waals surface area contributed by atoms with Gasteiger partial charge < -0.3 is 20.4 Å². The lowest BCUT2D eigenvalue weighted by molar-refractivity contribution is -0.154. The molecule has 3 N–H and O–H groups in total. The van der Waals surface area contributed by atoms with E-state index in [4.69, 9.17) is 0 Å². The zero-order valence-corrected chi connectivity index (χ0v) is 19.0. The van der Waals surface area contributed by atoms with Gasteiger partial charge in [-0.25, -0.2) is 0 Å². The fourth-order valence-electron chi connectivity index (χ4n) is 3.84. The molecule has 7 nitrogen and oxygen atoms in total. The first-order valence-corrected chi connectivity index (χ1v) is 11.2. The van der Waals surface area contributed by atoms with Gasteiger partial charge in [-0.2, -0.15) is 0 Å². The number of hydrogen-bond acceptors (Lipinski definition) is 5. The standard InChI is InChI=1S/C26H31N3O4/c1-18(8-6-9-20-13-15-27-16-14-20)19(2)28-25(32)23(30)24(31)26(33)29-17-7-12-22(29)21-10-4-3-5-11-21/h3-6,8-11,13-16,19,22-24,30-31H,7,12,17H2,1-2H3,(H,28,32)/t19-,22?,23-,24-/m1/s1. The number of amides is 2. The number of pyridine rings is 1. The van der Waals surface area contributed by atoms with Crippen molar-refractivity contribution in [1.29, 1.82) is 0 Å². The van der Waals surface area contributed by atoms with Gasteiger partial charge in [0.05, 0.1) is 6.04 Å². The third-order valence-electron chi connectivity index (χ3n) is 5.94. The van der Waals surface area contributed by atoms with Crippen LogP contribution in [-0.4, -0.2) is 56.7 Å². The number of nitrogens with zero attached hydrogens (tertiary/aromatic N) is 2. The van der Waals surface area contributed by atoms with Crippen molar-refractivity contribution in [2.75, 3.05) is 6.54 Å². The van der Waals surface area contributed by atoms with E-state index in [0.29, 0.717) is 6.54 Å². The quantitative estimate of drug-likeness (QED) is 0.538. The second kappa shape index (κ2) is 11.5. The molecule has 1 fully saturated rings. The van der Waals surface area contributed by atoms with Crippen molar-refractivity contribution >= 4 is 17.9 Å². The summed E-state index contributed by atoms with van der Waals surface area (Å²) < 4.78 is 0. The molecule has 2 heterocycles. The van der Waals surface area contributed by atoms with Crippen molar-refractivity contribution in [2.45, 2.75) is 51.0 Å². The van der Waals surface area contributed by atoms with Crippen molar-refractivity contribution in [3.63, 3.8) is 0 Å². The van der Waals surface area contributed by atoms with Crippen LogP contribution in [0.3, 0.4) is 0 Å². The Morgan fingerprint density at radius 3 is 2.52 bits per heavy atom. The van der Waals surface area contributed by atoms with E-state index in [9.17, 15) is 19.8 Å². The Morgan fingerprint density at radius 2 is 1.82 bits per heavy atom. The fraction of sp³-hybridized carbons (Fsp3) is 0.346. The van der Waals surface area contributed by atoms with Gasteiger partial charge in [0.2, 0.25) is 0 Å². The van der Waals surface area contributed by atoms with E-state index < -0.39 is 24.0 Å². The zero-order chi connectivity index (χ0) is 23.8. The highest BCUT2D eigenvalue weighted by molar-refractivity contribution is 5.91. The Morgan fingerprint density at radius 1 is 1.12 bits per heavy atom. The molecule has 174 valence electrons. The lowest BCUT2D eigenvalue weighted by atomic mass is 10.0. The summed E-state index contributed by atoms with van der Waals surface area (Å²) in [5.74, 6) is -1.42. The summed E-state index contributed by atoms with van der Waals surface area (Å²) in [7, 11) is 0. The number of carbonyl (C=O) groups excluding carboxylic acids is 2. The summed E-state index contributed by atoms with van der Waals surface area (Å²) in [6.07, 6.45) is 6.94. The monoisotopic (exact) mass is 449 g/mol. The number of rotatable bonds is 8. The highest BCUT2D eigenvalue weighted by Crippen LogP contribution is 2.32. The first kappa shape index (κ1) is 24.4. The average molecular weight is 450 g/mol. The Kier molecular flexibility index (Phi) is 8.52. The molecule has 0 saturated carbocycles. The van der Waals surface area contributed by atoms with Crippen LogP contribution in [-0.2, 0) is 9.59 Å². The van der Waals surface area contributed by atoms with Gasteiger partial charge in [-0.05, 0) is 49.9 Å². The molecule has 7 heteroatoms. The normalized spacial score (nSPS) is 19.3. The number of aliphatic hydroxyl groups excluding tert-OH is 2. The van der Waals surface area contributed by atoms with E-state index >= 15 is 0 Å². The molecule has 33 heavy (non-hydrogen) atoms. The molecule has 1 aromatic carbocycles. The first-order chi connectivity index (χ1) is 15.9. The van der Waals surface area contributed by atoms with Crippen molar-refractivity contribution in [3.8, 4) is 0 Å². The molecule has 0 bridgehead atoms. The predicted molar refractivity (Wildman–Crippen MR) is 127 cm³/mol. The van der Waals surface area contributed by atoms with Crippen molar-refractivity contribution in [2.24, 2.45) is 0 Å². The molecule has 2 amide bonds. The number of allylic oxidation sites excluding steroid dienone is 2. The van der Waals surface area contributed by atoms with Crippen LogP contribution in [0.5, 0.6) is 0 Å². The largest absolute Gasteiger partial charge is 0.380 e. The molecule has 3 rings (SSSR count).